The molecule has 1 aromatic carbocycles. The predicted molar refractivity (Wildman–Crippen MR) is 97.8 cm³/mol. The van der Waals surface area contributed by atoms with Crippen molar-refractivity contribution in [2.45, 2.75) is 19.9 Å². The van der Waals surface area contributed by atoms with Crippen LogP contribution in [0.3, 0.4) is 0 Å². The lowest BCUT2D eigenvalue weighted by Crippen LogP contribution is -2.45. The van der Waals surface area contributed by atoms with E-state index in [4.69, 9.17) is 4.74 Å². The zero-order valence-corrected chi connectivity index (χ0v) is 15.0. The van der Waals surface area contributed by atoms with Crippen LogP contribution in [0.25, 0.3) is 0 Å². The van der Waals surface area contributed by atoms with E-state index < -0.39 is 6.04 Å². The van der Waals surface area contributed by atoms with Crippen molar-refractivity contribution in [3.05, 3.63) is 57.4 Å². The van der Waals surface area contributed by atoms with Crippen LogP contribution in [0.2, 0.25) is 0 Å². The summed E-state index contributed by atoms with van der Waals surface area (Å²) in [6, 6.07) is 8.37. The van der Waals surface area contributed by atoms with Crippen molar-refractivity contribution in [1.82, 2.24) is 10.6 Å². The molecule has 7 heteroatoms. The van der Waals surface area contributed by atoms with Crippen molar-refractivity contribution in [2.75, 3.05) is 12.4 Å². The van der Waals surface area contributed by atoms with E-state index in [9.17, 15) is 9.59 Å². The average molecular weight is 357 g/mol. The number of amides is 3. The lowest BCUT2D eigenvalue weighted by atomic mass is 9.98. The quantitative estimate of drug-likeness (QED) is 0.785. The number of urea groups is 1. The Morgan fingerprint density at radius 2 is 2.00 bits per heavy atom. The normalized spacial score (nSPS) is 16.9. The number of aryl methyl sites for hydroxylation is 1. The Labute approximate surface area is 149 Å². The van der Waals surface area contributed by atoms with E-state index in [0.717, 1.165) is 10.4 Å². The number of methoxy groups -OCH3 is 1. The summed E-state index contributed by atoms with van der Waals surface area (Å²) in [5.74, 6) is 0.290. The zero-order valence-electron chi connectivity index (χ0n) is 14.2. The fourth-order valence-corrected chi connectivity index (χ4v) is 3.79. The van der Waals surface area contributed by atoms with E-state index in [1.807, 2.05) is 30.5 Å². The molecule has 3 N–H and O–H groups in total. The highest BCUT2D eigenvalue weighted by atomic mass is 32.1. The summed E-state index contributed by atoms with van der Waals surface area (Å²) in [4.78, 5) is 25.8. The third-order valence-corrected chi connectivity index (χ3v) is 5.12. The molecule has 130 valence electrons. The smallest absolute Gasteiger partial charge is 0.319 e. The topological polar surface area (TPSA) is 79.5 Å². The maximum absolute atomic E-state index is 13.0. The molecule has 2 heterocycles. The van der Waals surface area contributed by atoms with Crippen LogP contribution in [-0.4, -0.2) is 19.0 Å². The highest BCUT2D eigenvalue weighted by molar-refractivity contribution is 7.10. The molecule has 2 aromatic rings. The average Bonchev–Trinajstić information content (AvgIpc) is 3.00. The number of ether oxygens (including phenoxy) is 1. The number of hydrogen-bond acceptors (Lipinski definition) is 4. The van der Waals surface area contributed by atoms with Gasteiger partial charge in [0.2, 0.25) is 0 Å². The van der Waals surface area contributed by atoms with Gasteiger partial charge in [-0.3, -0.25) is 4.79 Å². The van der Waals surface area contributed by atoms with Gasteiger partial charge in [-0.2, -0.15) is 0 Å². The summed E-state index contributed by atoms with van der Waals surface area (Å²) in [5, 5.41) is 10.4. The molecule has 0 fully saturated rings. The number of carbonyl (C=O) groups is 2. The Balaban J connectivity index is 1.96. The van der Waals surface area contributed by atoms with Crippen LogP contribution in [0.5, 0.6) is 5.75 Å². The lowest BCUT2D eigenvalue weighted by Gasteiger charge is -2.28. The van der Waals surface area contributed by atoms with Crippen LogP contribution < -0.4 is 20.7 Å². The van der Waals surface area contributed by atoms with Gasteiger partial charge in [0.1, 0.15) is 5.75 Å². The van der Waals surface area contributed by atoms with E-state index in [2.05, 4.69) is 16.0 Å². The zero-order chi connectivity index (χ0) is 18.0. The van der Waals surface area contributed by atoms with E-state index in [0.29, 0.717) is 22.7 Å². The highest BCUT2D eigenvalue weighted by Gasteiger charge is 2.33. The second-order valence-electron chi connectivity index (χ2n) is 5.69. The fraction of sp³-hybridized carbons (Fsp3) is 0.222. The highest BCUT2D eigenvalue weighted by Crippen LogP contribution is 2.33. The Hall–Kier alpha value is -2.80. The predicted octanol–water partition coefficient (Wildman–Crippen LogP) is 3.33. The second kappa shape index (κ2) is 6.98. The molecule has 1 atom stereocenters. The lowest BCUT2D eigenvalue weighted by molar-refractivity contribution is -0.113. The third-order valence-electron chi connectivity index (χ3n) is 4.03. The van der Waals surface area contributed by atoms with Crippen molar-refractivity contribution in [3.8, 4) is 5.75 Å². The van der Waals surface area contributed by atoms with Crippen molar-refractivity contribution in [2.24, 2.45) is 0 Å². The van der Waals surface area contributed by atoms with Gasteiger partial charge in [-0.1, -0.05) is 12.1 Å². The Morgan fingerprint density at radius 1 is 1.24 bits per heavy atom. The SMILES string of the molecule is COc1ccccc1NC(=O)C1=C(C)NC(=O)N[C@@H]1c1sccc1C. The first kappa shape index (κ1) is 17.0. The molecule has 0 spiro atoms. The number of allylic oxidation sites excluding steroid dienone is 1. The van der Waals surface area contributed by atoms with E-state index in [1.54, 1.807) is 26.2 Å². The summed E-state index contributed by atoms with van der Waals surface area (Å²) < 4.78 is 5.28. The molecule has 0 saturated heterocycles. The molecular formula is C18H19N3O3S. The number of hydrogen-bond donors (Lipinski definition) is 3. The maximum Gasteiger partial charge on any atom is 0.319 e. The molecule has 1 aliphatic heterocycles. The number of para-hydroxylation sites is 2. The van der Waals surface area contributed by atoms with Crippen LogP contribution in [0, 0.1) is 6.92 Å². The van der Waals surface area contributed by atoms with Gasteiger partial charge in [0.25, 0.3) is 5.91 Å². The van der Waals surface area contributed by atoms with E-state index >= 15 is 0 Å². The first-order valence-electron chi connectivity index (χ1n) is 7.78. The van der Waals surface area contributed by atoms with Gasteiger partial charge >= 0.3 is 6.03 Å². The minimum Gasteiger partial charge on any atom is -0.495 e. The summed E-state index contributed by atoms with van der Waals surface area (Å²) in [5.41, 5.74) is 2.63. The fourth-order valence-electron chi connectivity index (χ4n) is 2.81. The minimum atomic E-state index is -0.483. The minimum absolute atomic E-state index is 0.285. The summed E-state index contributed by atoms with van der Waals surface area (Å²) in [6.07, 6.45) is 0. The number of carbonyl (C=O) groups excluding carboxylic acids is 2. The number of benzene rings is 1. The molecule has 0 unspecified atom stereocenters. The maximum atomic E-state index is 13.0. The second-order valence-corrected chi connectivity index (χ2v) is 6.64. The summed E-state index contributed by atoms with van der Waals surface area (Å²) in [6.45, 7) is 3.69. The molecule has 0 bridgehead atoms. The molecule has 3 amide bonds. The number of anilines is 1. The van der Waals surface area contributed by atoms with Crippen molar-refractivity contribution in [1.29, 1.82) is 0 Å². The monoisotopic (exact) mass is 357 g/mol. The molecule has 1 aliphatic rings. The molecule has 25 heavy (non-hydrogen) atoms. The van der Waals surface area contributed by atoms with Gasteiger partial charge in [-0.05, 0) is 43.0 Å². The van der Waals surface area contributed by atoms with Gasteiger partial charge < -0.3 is 20.7 Å². The largest absolute Gasteiger partial charge is 0.495 e. The standard InChI is InChI=1S/C18H19N3O3S/c1-10-8-9-25-16(10)15-14(11(2)19-18(23)21-15)17(22)20-12-6-4-5-7-13(12)24-3/h4-9,15H,1-3H3,(H,20,22)(H2,19,21,23)/t15-/m0/s1. The molecule has 3 rings (SSSR count). The van der Waals surface area contributed by atoms with Gasteiger partial charge in [0.15, 0.2) is 0 Å². The first-order chi connectivity index (χ1) is 12.0. The third kappa shape index (κ3) is 3.36. The Morgan fingerprint density at radius 3 is 2.68 bits per heavy atom. The molecule has 0 aliphatic carbocycles. The van der Waals surface area contributed by atoms with Gasteiger partial charge in [-0.25, -0.2) is 4.79 Å². The summed E-state index contributed by atoms with van der Waals surface area (Å²) >= 11 is 1.51. The van der Waals surface area contributed by atoms with E-state index in [-0.39, 0.29) is 11.9 Å². The summed E-state index contributed by atoms with van der Waals surface area (Å²) in [7, 11) is 1.55. The van der Waals surface area contributed by atoms with Crippen molar-refractivity contribution >= 4 is 29.0 Å². The molecule has 0 radical (unpaired) electrons. The van der Waals surface area contributed by atoms with Crippen LogP contribution in [0.15, 0.2) is 47.0 Å². The van der Waals surface area contributed by atoms with Crippen LogP contribution in [0.4, 0.5) is 10.5 Å². The molecule has 0 saturated carbocycles. The van der Waals surface area contributed by atoms with Crippen LogP contribution in [-0.2, 0) is 4.79 Å². The van der Waals surface area contributed by atoms with E-state index in [1.165, 1.54) is 11.3 Å². The van der Waals surface area contributed by atoms with Crippen molar-refractivity contribution in [3.63, 3.8) is 0 Å². The Bertz CT molecular complexity index is 857. The molecule has 6 nitrogen and oxygen atoms in total. The van der Waals surface area contributed by atoms with Crippen molar-refractivity contribution < 1.29 is 14.3 Å². The van der Waals surface area contributed by atoms with Crippen LogP contribution in [0.1, 0.15) is 23.4 Å². The van der Waals surface area contributed by atoms with Gasteiger partial charge in [0.05, 0.1) is 24.4 Å². The molecular weight excluding hydrogens is 338 g/mol. The number of thiophene rings is 1. The first-order valence-corrected chi connectivity index (χ1v) is 8.66. The molecule has 1 aromatic heterocycles. The van der Waals surface area contributed by atoms with Gasteiger partial charge in [0, 0.05) is 10.6 Å². The number of nitrogens with one attached hydrogen (secondary N) is 3. The van der Waals surface area contributed by atoms with Crippen LogP contribution >= 0.6 is 11.3 Å². The Kier molecular flexibility index (Phi) is 4.76. The number of rotatable bonds is 4. The van der Waals surface area contributed by atoms with Gasteiger partial charge in [-0.15, -0.1) is 11.3 Å².